The van der Waals surface area contributed by atoms with Crippen LogP contribution >= 0.6 is 0 Å². The van der Waals surface area contributed by atoms with Gasteiger partial charge in [-0.05, 0) is 61.2 Å². The zero-order valence-corrected chi connectivity index (χ0v) is 18.9. The van der Waals surface area contributed by atoms with E-state index in [1.807, 2.05) is 16.8 Å². The predicted octanol–water partition coefficient (Wildman–Crippen LogP) is 3.48. The SMILES string of the molecule is CCC(C)(C)n1nnnc1[C@@H](c1ccc(OC)cc1)N1CCN(C2CCCC2)CC1. The second kappa shape index (κ2) is 9.02. The van der Waals surface area contributed by atoms with Crippen LogP contribution in [0.25, 0.3) is 0 Å². The zero-order valence-electron chi connectivity index (χ0n) is 18.9. The fraction of sp³-hybridized carbons (Fsp3) is 0.696. The lowest BCUT2D eigenvalue weighted by molar-refractivity contribution is 0.0751. The lowest BCUT2D eigenvalue weighted by Gasteiger charge is -2.41. The summed E-state index contributed by atoms with van der Waals surface area (Å²) >= 11 is 0. The first-order chi connectivity index (χ1) is 14.5. The predicted molar refractivity (Wildman–Crippen MR) is 118 cm³/mol. The second-order valence-corrected chi connectivity index (χ2v) is 9.30. The van der Waals surface area contributed by atoms with Gasteiger partial charge in [0.25, 0.3) is 0 Å². The molecule has 1 aromatic heterocycles. The molecule has 1 aliphatic heterocycles. The van der Waals surface area contributed by atoms with Crippen molar-refractivity contribution < 1.29 is 4.74 Å². The van der Waals surface area contributed by atoms with Crippen molar-refractivity contribution in [2.75, 3.05) is 33.3 Å². The Morgan fingerprint density at radius 1 is 1.07 bits per heavy atom. The lowest BCUT2D eigenvalue weighted by Crippen LogP contribution is -2.51. The number of piperazine rings is 1. The van der Waals surface area contributed by atoms with Crippen molar-refractivity contribution in [3.05, 3.63) is 35.7 Å². The highest BCUT2D eigenvalue weighted by molar-refractivity contribution is 5.32. The van der Waals surface area contributed by atoms with E-state index in [4.69, 9.17) is 4.74 Å². The molecule has 4 rings (SSSR count). The summed E-state index contributed by atoms with van der Waals surface area (Å²) in [6.07, 6.45) is 6.48. The molecule has 0 unspecified atom stereocenters. The Kier molecular flexibility index (Phi) is 6.39. The zero-order chi connectivity index (χ0) is 21.1. The van der Waals surface area contributed by atoms with Gasteiger partial charge in [0.15, 0.2) is 5.82 Å². The Morgan fingerprint density at radius 3 is 2.33 bits per heavy atom. The number of rotatable bonds is 7. The van der Waals surface area contributed by atoms with Gasteiger partial charge in [0.05, 0.1) is 18.7 Å². The van der Waals surface area contributed by atoms with Crippen molar-refractivity contribution in [2.45, 2.75) is 70.5 Å². The molecule has 7 heteroatoms. The minimum atomic E-state index is -0.130. The van der Waals surface area contributed by atoms with Crippen molar-refractivity contribution in [3.8, 4) is 5.75 Å². The molecule has 1 saturated heterocycles. The Bertz CT molecular complexity index is 803. The van der Waals surface area contributed by atoms with Crippen LogP contribution in [0, 0.1) is 0 Å². The van der Waals surface area contributed by atoms with E-state index in [1.54, 1.807) is 7.11 Å². The van der Waals surface area contributed by atoms with Crippen LogP contribution in [0.3, 0.4) is 0 Å². The molecule has 2 aromatic rings. The fourth-order valence-electron chi connectivity index (χ4n) is 4.88. The number of nitrogens with zero attached hydrogens (tertiary/aromatic N) is 6. The number of aromatic nitrogens is 4. The van der Waals surface area contributed by atoms with E-state index in [1.165, 1.54) is 31.2 Å². The highest BCUT2D eigenvalue weighted by Crippen LogP contribution is 2.33. The molecule has 164 valence electrons. The maximum absolute atomic E-state index is 5.39. The summed E-state index contributed by atoms with van der Waals surface area (Å²) in [6, 6.07) is 9.22. The molecule has 1 saturated carbocycles. The number of tetrazole rings is 1. The first-order valence-electron chi connectivity index (χ1n) is 11.4. The van der Waals surface area contributed by atoms with Gasteiger partial charge in [0.2, 0.25) is 0 Å². The monoisotopic (exact) mass is 412 g/mol. The number of methoxy groups -OCH3 is 1. The molecule has 1 aromatic carbocycles. The quantitative estimate of drug-likeness (QED) is 0.694. The molecule has 0 spiro atoms. The van der Waals surface area contributed by atoms with Gasteiger partial charge in [-0.25, -0.2) is 4.68 Å². The van der Waals surface area contributed by atoms with E-state index in [-0.39, 0.29) is 11.6 Å². The van der Waals surface area contributed by atoms with Crippen LogP contribution in [0.4, 0.5) is 0 Å². The number of hydrogen-bond donors (Lipinski definition) is 0. The summed E-state index contributed by atoms with van der Waals surface area (Å²) < 4.78 is 7.42. The van der Waals surface area contributed by atoms with Crippen LogP contribution < -0.4 is 4.74 Å². The standard InChI is InChI=1S/C23H36N6O/c1-5-23(2,3)29-22(24-25-26-29)21(18-10-12-20(30-4)13-11-18)28-16-14-27(15-17-28)19-8-6-7-9-19/h10-13,19,21H,5-9,14-17H2,1-4H3/t21-/m1/s1. The average Bonchev–Trinajstić information content (AvgIpc) is 3.48. The highest BCUT2D eigenvalue weighted by Gasteiger charge is 2.35. The molecule has 1 atom stereocenters. The van der Waals surface area contributed by atoms with E-state index in [9.17, 15) is 0 Å². The molecule has 2 fully saturated rings. The van der Waals surface area contributed by atoms with E-state index < -0.39 is 0 Å². The minimum Gasteiger partial charge on any atom is -0.497 e. The largest absolute Gasteiger partial charge is 0.497 e. The molecule has 0 amide bonds. The van der Waals surface area contributed by atoms with E-state index in [0.29, 0.717) is 0 Å². The first kappa shape index (κ1) is 21.2. The van der Waals surface area contributed by atoms with E-state index in [0.717, 1.165) is 50.2 Å². The van der Waals surface area contributed by atoms with Crippen LogP contribution in [0.5, 0.6) is 5.75 Å². The van der Waals surface area contributed by atoms with Gasteiger partial charge in [-0.15, -0.1) is 5.10 Å². The Labute approximate surface area is 180 Å². The summed E-state index contributed by atoms with van der Waals surface area (Å²) in [5, 5.41) is 13.0. The van der Waals surface area contributed by atoms with E-state index in [2.05, 4.69) is 58.2 Å². The number of hydrogen-bond acceptors (Lipinski definition) is 6. The molecular weight excluding hydrogens is 376 g/mol. The van der Waals surface area contributed by atoms with Crippen LogP contribution in [-0.2, 0) is 5.54 Å². The average molecular weight is 413 g/mol. The maximum atomic E-state index is 5.39. The Balaban J connectivity index is 1.63. The lowest BCUT2D eigenvalue weighted by atomic mass is 9.99. The fourth-order valence-corrected chi connectivity index (χ4v) is 4.88. The smallest absolute Gasteiger partial charge is 0.173 e. The maximum Gasteiger partial charge on any atom is 0.173 e. The molecule has 7 nitrogen and oxygen atoms in total. The van der Waals surface area contributed by atoms with Gasteiger partial charge in [0, 0.05) is 32.2 Å². The third-order valence-electron chi connectivity index (χ3n) is 7.16. The molecular formula is C23H36N6O. The first-order valence-corrected chi connectivity index (χ1v) is 11.4. The second-order valence-electron chi connectivity index (χ2n) is 9.30. The van der Waals surface area contributed by atoms with Gasteiger partial charge in [-0.3, -0.25) is 9.80 Å². The van der Waals surface area contributed by atoms with Crippen molar-refractivity contribution in [2.24, 2.45) is 0 Å². The van der Waals surface area contributed by atoms with Gasteiger partial charge >= 0.3 is 0 Å². The molecule has 0 bridgehead atoms. The van der Waals surface area contributed by atoms with Crippen LogP contribution in [0.2, 0.25) is 0 Å². The number of ether oxygens (including phenoxy) is 1. The summed E-state index contributed by atoms with van der Waals surface area (Å²) in [5.74, 6) is 1.80. The van der Waals surface area contributed by atoms with Crippen molar-refractivity contribution in [1.82, 2.24) is 30.0 Å². The number of benzene rings is 1. The van der Waals surface area contributed by atoms with Crippen LogP contribution in [-0.4, -0.2) is 69.3 Å². The molecule has 0 N–H and O–H groups in total. The topological polar surface area (TPSA) is 59.3 Å². The van der Waals surface area contributed by atoms with Gasteiger partial charge < -0.3 is 4.74 Å². The van der Waals surface area contributed by atoms with E-state index >= 15 is 0 Å². The van der Waals surface area contributed by atoms with Crippen molar-refractivity contribution in [3.63, 3.8) is 0 Å². The molecule has 1 aliphatic carbocycles. The summed E-state index contributed by atoms with van der Waals surface area (Å²) in [7, 11) is 1.71. The Hall–Kier alpha value is -1.99. The summed E-state index contributed by atoms with van der Waals surface area (Å²) in [5.41, 5.74) is 1.09. The normalized spacial score (nSPS) is 20.5. The Morgan fingerprint density at radius 2 is 1.73 bits per heavy atom. The van der Waals surface area contributed by atoms with Gasteiger partial charge in [0.1, 0.15) is 5.75 Å². The third-order valence-corrected chi connectivity index (χ3v) is 7.16. The molecule has 0 radical (unpaired) electrons. The van der Waals surface area contributed by atoms with Crippen LogP contribution in [0.1, 0.15) is 70.3 Å². The molecule has 2 heterocycles. The summed E-state index contributed by atoms with van der Waals surface area (Å²) in [6.45, 7) is 10.9. The van der Waals surface area contributed by atoms with Gasteiger partial charge in [-0.1, -0.05) is 31.9 Å². The van der Waals surface area contributed by atoms with Crippen LogP contribution in [0.15, 0.2) is 24.3 Å². The van der Waals surface area contributed by atoms with Crippen molar-refractivity contribution in [1.29, 1.82) is 0 Å². The molecule has 30 heavy (non-hydrogen) atoms. The van der Waals surface area contributed by atoms with Crippen molar-refractivity contribution >= 4 is 0 Å². The molecule has 2 aliphatic rings. The summed E-state index contributed by atoms with van der Waals surface area (Å²) in [4.78, 5) is 5.26. The minimum absolute atomic E-state index is 0.0439. The van der Waals surface area contributed by atoms with Gasteiger partial charge in [-0.2, -0.15) is 0 Å². The third kappa shape index (κ3) is 4.23. The highest BCUT2D eigenvalue weighted by atomic mass is 16.5.